The van der Waals surface area contributed by atoms with Gasteiger partial charge in [-0.3, -0.25) is 4.79 Å². The smallest absolute Gasteiger partial charge is 0.256 e. The van der Waals surface area contributed by atoms with Crippen LogP contribution in [0.2, 0.25) is 0 Å². The fourth-order valence-electron chi connectivity index (χ4n) is 4.22. The van der Waals surface area contributed by atoms with Gasteiger partial charge in [0.2, 0.25) is 5.95 Å². The Morgan fingerprint density at radius 2 is 1.94 bits per heavy atom. The second kappa shape index (κ2) is 12.1. The normalized spacial score (nSPS) is 22.8. The summed E-state index contributed by atoms with van der Waals surface area (Å²) in [6, 6.07) is 0.251. The van der Waals surface area contributed by atoms with Gasteiger partial charge in [-0.05, 0) is 44.9 Å². The summed E-state index contributed by atoms with van der Waals surface area (Å²) in [4.78, 5) is 24.1. The molecule has 0 bridgehead atoms. The molecule has 4 N–H and O–H groups in total. The highest BCUT2D eigenvalue weighted by atomic mass is 19.1. The number of carbonyl (C=O) groups excluding carboxylic acids is 1. The van der Waals surface area contributed by atoms with Gasteiger partial charge in [-0.25, -0.2) is 9.37 Å². The van der Waals surface area contributed by atoms with Crippen LogP contribution in [0.1, 0.15) is 68.6 Å². The molecular weight excluding hydrogens is 399 g/mol. The van der Waals surface area contributed by atoms with E-state index in [9.17, 15) is 14.3 Å². The molecule has 31 heavy (non-hydrogen) atoms. The summed E-state index contributed by atoms with van der Waals surface area (Å²) in [5, 5.41) is 19.6. The maximum Gasteiger partial charge on any atom is 0.256 e. The van der Waals surface area contributed by atoms with Crippen molar-refractivity contribution in [3.05, 3.63) is 11.8 Å². The lowest BCUT2D eigenvalue weighted by Gasteiger charge is -2.32. The van der Waals surface area contributed by atoms with Crippen LogP contribution < -0.4 is 16.0 Å². The number of hydrogen-bond acceptors (Lipinski definition) is 7. The fraction of sp³-hybridized carbons (Fsp3) is 0.773. The molecule has 1 aliphatic heterocycles. The summed E-state index contributed by atoms with van der Waals surface area (Å²) in [5.41, 5.74) is 0.443. The highest BCUT2D eigenvalue weighted by Gasteiger charge is 2.25. The third kappa shape index (κ3) is 7.28. The Labute approximate surface area is 184 Å². The third-order valence-corrected chi connectivity index (χ3v) is 6.21. The van der Waals surface area contributed by atoms with Gasteiger partial charge in [-0.1, -0.05) is 13.3 Å². The van der Waals surface area contributed by atoms with E-state index in [1.165, 1.54) is 0 Å². The first-order valence-electron chi connectivity index (χ1n) is 11.7. The maximum absolute atomic E-state index is 13.0. The van der Waals surface area contributed by atoms with E-state index in [-0.39, 0.29) is 30.8 Å². The van der Waals surface area contributed by atoms with Crippen molar-refractivity contribution in [3.8, 4) is 0 Å². The van der Waals surface area contributed by atoms with Crippen LogP contribution in [0.15, 0.2) is 6.20 Å². The number of aliphatic hydroxyl groups is 1. The molecule has 1 saturated heterocycles. The van der Waals surface area contributed by atoms with Crippen molar-refractivity contribution in [2.24, 2.45) is 0 Å². The number of nitrogens with one attached hydrogen (secondary N) is 3. The summed E-state index contributed by atoms with van der Waals surface area (Å²) < 4.78 is 12.5. The van der Waals surface area contributed by atoms with Crippen molar-refractivity contribution in [1.29, 1.82) is 0 Å². The Morgan fingerprint density at radius 1 is 1.19 bits per heavy atom. The average molecular weight is 437 g/mol. The summed E-state index contributed by atoms with van der Waals surface area (Å²) in [6.45, 7) is 4.63. The second-order valence-corrected chi connectivity index (χ2v) is 8.66. The number of anilines is 2. The van der Waals surface area contributed by atoms with Crippen molar-refractivity contribution in [3.63, 3.8) is 0 Å². The fourth-order valence-corrected chi connectivity index (χ4v) is 4.22. The van der Waals surface area contributed by atoms with Crippen LogP contribution in [-0.4, -0.2) is 76.9 Å². The number of unbranched alkanes of at least 4 members (excludes halogenated alkanes) is 1. The van der Waals surface area contributed by atoms with Crippen molar-refractivity contribution >= 4 is 17.7 Å². The Morgan fingerprint density at radius 3 is 2.61 bits per heavy atom. The van der Waals surface area contributed by atoms with Crippen LogP contribution in [-0.2, 0) is 0 Å². The quantitative estimate of drug-likeness (QED) is 0.418. The molecule has 0 unspecified atom stereocenters. The Hall–Kier alpha value is -2.00. The number of amides is 1. The molecule has 1 aliphatic carbocycles. The highest BCUT2D eigenvalue weighted by molar-refractivity contribution is 5.98. The topological polar surface area (TPSA) is 102 Å². The zero-order chi connectivity index (χ0) is 22.1. The van der Waals surface area contributed by atoms with E-state index in [0.29, 0.717) is 23.9 Å². The molecule has 1 aromatic heterocycles. The van der Waals surface area contributed by atoms with Gasteiger partial charge in [-0.2, -0.15) is 4.98 Å². The van der Waals surface area contributed by atoms with E-state index >= 15 is 0 Å². The van der Waals surface area contributed by atoms with Crippen LogP contribution >= 0.6 is 0 Å². The number of carbonyl (C=O) groups is 1. The molecule has 2 fully saturated rings. The molecule has 1 saturated carbocycles. The molecule has 9 heteroatoms. The Balaban J connectivity index is 1.66. The molecule has 8 nitrogen and oxygen atoms in total. The molecule has 0 aromatic carbocycles. The van der Waals surface area contributed by atoms with E-state index in [4.69, 9.17) is 0 Å². The van der Waals surface area contributed by atoms with Gasteiger partial charge in [-0.15, -0.1) is 0 Å². The van der Waals surface area contributed by atoms with E-state index < -0.39 is 0 Å². The minimum absolute atomic E-state index is 0.0726. The van der Waals surface area contributed by atoms with E-state index in [2.05, 4.69) is 37.7 Å². The zero-order valence-corrected chi connectivity index (χ0v) is 18.6. The molecule has 2 aliphatic rings. The van der Waals surface area contributed by atoms with Crippen molar-refractivity contribution in [2.45, 2.75) is 76.5 Å². The Bertz CT molecular complexity index is 691. The van der Waals surface area contributed by atoms with E-state index in [0.717, 1.165) is 71.0 Å². The van der Waals surface area contributed by atoms with Crippen molar-refractivity contribution in [1.82, 2.24) is 20.2 Å². The first-order valence-corrected chi connectivity index (χ1v) is 11.7. The lowest BCUT2D eigenvalue weighted by atomic mass is 9.93. The van der Waals surface area contributed by atoms with Gasteiger partial charge in [0.25, 0.3) is 5.91 Å². The lowest BCUT2D eigenvalue weighted by Crippen LogP contribution is -2.45. The van der Waals surface area contributed by atoms with Gasteiger partial charge in [0.15, 0.2) is 0 Å². The molecular formula is C22H37FN6O2. The summed E-state index contributed by atoms with van der Waals surface area (Å²) >= 11 is 0. The molecule has 1 amide bonds. The molecule has 3 rings (SSSR count). The number of hydrogen-bond donors (Lipinski definition) is 4. The summed E-state index contributed by atoms with van der Waals surface area (Å²) in [6.07, 6.45) is 8.28. The van der Waals surface area contributed by atoms with E-state index in [1.54, 1.807) is 6.20 Å². The SMILES string of the molecule is CCCCNc1ncc(C(=O)NC2CCN(CCF)CC2)c(NC2CCC(O)CC2)n1. The predicted octanol–water partition coefficient (Wildman–Crippen LogP) is 2.57. The summed E-state index contributed by atoms with van der Waals surface area (Å²) in [7, 11) is 0. The number of aliphatic hydroxyl groups excluding tert-OH is 1. The first-order chi connectivity index (χ1) is 15.1. The minimum atomic E-state index is -0.333. The highest BCUT2D eigenvalue weighted by Crippen LogP contribution is 2.24. The van der Waals surface area contributed by atoms with Gasteiger partial charge in [0.05, 0.1) is 6.10 Å². The van der Waals surface area contributed by atoms with Gasteiger partial charge in [0, 0.05) is 44.5 Å². The lowest BCUT2D eigenvalue weighted by molar-refractivity contribution is 0.0908. The monoisotopic (exact) mass is 436 g/mol. The second-order valence-electron chi connectivity index (χ2n) is 8.66. The van der Waals surface area contributed by atoms with Crippen molar-refractivity contribution in [2.75, 3.05) is 43.5 Å². The van der Waals surface area contributed by atoms with Gasteiger partial charge >= 0.3 is 0 Å². The van der Waals surface area contributed by atoms with E-state index in [1.807, 2.05) is 0 Å². The molecule has 174 valence electrons. The number of alkyl halides is 1. The van der Waals surface area contributed by atoms with Gasteiger partial charge in [0.1, 0.15) is 18.1 Å². The standard InChI is InChI=1S/C22H37FN6O2/c1-2-3-11-24-22-25-15-19(20(28-22)26-16-4-6-18(30)7-5-16)21(31)27-17-8-12-29(13-9-17)14-10-23/h15-18,30H,2-14H2,1H3,(H,27,31)(H2,24,25,26,28). The molecule has 1 aromatic rings. The average Bonchev–Trinajstić information content (AvgIpc) is 2.77. The predicted molar refractivity (Wildman–Crippen MR) is 120 cm³/mol. The van der Waals surface area contributed by atoms with Crippen LogP contribution in [0.5, 0.6) is 0 Å². The summed E-state index contributed by atoms with van der Waals surface area (Å²) in [5.74, 6) is 0.882. The number of rotatable bonds is 10. The van der Waals surface area contributed by atoms with Gasteiger partial charge < -0.3 is 26.0 Å². The number of halogens is 1. The minimum Gasteiger partial charge on any atom is -0.393 e. The molecule has 0 atom stereocenters. The molecule has 2 heterocycles. The molecule has 0 spiro atoms. The van der Waals surface area contributed by atoms with Crippen LogP contribution in [0.3, 0.4) is 0 Å². The van der Waals surface area contributed by atoms with Crippen LogP contribution in [0, 0.1) is 0 Å². The zero-order valence-electron chi connectivity index (χ0n) is 18.6. The third-order valence-electron chi connectivity index (χ3n) is 6.21. The number of likely N-dealkylation sites (tertiary alicyclic amines) is 1. The number of aromatic nitrogens is 2. The first kappa shape index (κ1) is 23.7. The molecule has 0 radical (unpaired) electrons. The number of nitrogens with zero attached hydrogens (tertiary/aromatic N) is 3. The Kier molecular flexibility index (Phi) is 9.27. The largest absolute Gasteiger partial charge is 0.393 e. The van der Waals surface area contributed by atoms with Crippen LogP contribution in [0.25, 0.3) is 0 Å². The van der Waals surface area contributed by atoms with Crippen LogP contribution in [0.4, 0.5) is 16.2 Å². The maximum atomic E-state index is 13.0. The number of piperidine rings is 1. The van der Waals surface area contributed by atoms with Crippen molar-refractivity contribution < 1.29 is 14.3 Å².